The average molecular weight is 516 g/mol. The number of nitrogens with zero attached hydrogens (tertiary/aromatic N) is 6. The molecule has 1 N–H and O–H groups in total. The summed E-state index contributed by atoms with van der Waals surface area (Å²) in [5, 5.41) is 15.6. The molecule has 1 fully saturated rings. The highest BCUT2D eigenvalue weighted by Crippen LogP contribution is 2.35. The van der Waals surface area contributed by atoms with Crippen LogP contribution >= 0.6 is 0 Å². The number of aromatic nitrogens is 5. The van der Waals surface area contributed by atoms with Crippen LogP contribution in [0.15, 0.2) is 65.3 Å². The van der Waals surface area contributed by atoms with Crippen LogP contribution in [0, 0.1) is 6.92 Å². The molecule has 0 aliphatic heterocycles. The monoisotopic (exact) mass is 515 g/mol. The van der Waals surface area contributed by atoms with Gasteiger partial charge in [-0.2, -0.15) is 4.80 Å². The molecule has 0 spiro atoms. The number of hydrogen-bond donors (Lipinski definition) is 1. The highest BCUT2D eigenvalue weighted by atomic mass is 16.5. The van der Waals surface area contributed by atoms with E-state index in [-0.39, 0.29) is 24.3 Å². The van der Waals surface area contributed by atoms with E-state index in [4.69, 9.17) is 9.15 Å². The van der Waals surface area contributed by atoms with E-state index < -0.39 is 11.9 Å². The van der Waals surface area contributed by atoms with Gasteiger partial charge in [-0.15, -0.1) is 10.2 Å². The Morgan fingerprint density at radius 2 is 1.89 bits per heavy atom. The van der Waals surface area contributed by atoms with Gasteiger partial charge in [-0.05, 0) is 66.9 Å². The summed E-state index contributed by atoms with van der Waals surface area (Å²) in [7, 11) is 1.53. The van der Waals surface area contributed by atoms with E-state index in [1.165, 1.54) is 16.8 Å². The van der Waals surface area contributed by atoms with Gasteiger partial charge in [0.1, 0.15) is 24.1 Å². The number of ether oxygens (including phenoxy) is 1. The zero-order valence-electron chi connectivity index (χ0n) is 21.3. The maximum absolute atomic E-state index is 14.0. The first-order valence-electron chi connectivity index (χ1n) is 12.5. The summed E-state index contributed by atoms with van der Waals surface area (Å²) in [4.78, 5) is 34.6. The molecule has 38 heavy (non-hydrogen) atoms. The molecule has 11 nitrogen and oxygen atoms in total. The lowest BCUT2D eigenvalue weighted by Crippen LogP contribution is -2.47. The first-order valence-corrected chi connectivity index (χ1v) is 12.5. The van der Waals surface area contributed by atoms with Gasteiger partial charge in [0, 0.05) is 18.4 Å². The quantitative estimate of drug-likeness (QED) is 0.359. The number of carbonyl (C=O) groups is 2. The van der Waals surface area contributed by atoms with Gasteiger partial charge in [0.15, 0.2) is 5.76 Å². The number of furan rings is 1. The molecule has 0 unspecified atom stereocenters. The molecule has 0 radical (unpaired) electrons. The van der Waals surface area contributed by atoms with Crippen LogP contribution < -0.4 is 15.0 Å². The van der Waals surface area contributed by atoms with Crippen molar-refractivity contribution in [1.82, 2.24) is 30.5 Å². The summed E-state index contributed by atoms with van der Waals surface area (Å²) < 4.78 is 11.2. The average Bonchev–Trinajstić information content (AvgIpc) is 3.70. The molecular formula is C27H29N7O4. The van der Waals surface area contributed by atoms with Crippen molar-refractivity contribution in [3.05, 3.63) is 72.2 Å². The van der Waals surface area contributed by atoms with E-state index in [1.54, 1.807) is 54.9 Å². The minimum absolute atomic E-state index is 0.0674. The molecule has 11 heteroatoms. The molecule has 5 rings (SSSR count). The van der Waals surface area contributed by atoms with Crippen molar-refractivity contribution in [1.29, 1.82) is 0 Å². The second-order valence-electron chi connectivity index (χ2n) is 9.16. The number of tetrazole rings is 1. The molecule has 0 bridgehead atoms. The van der Waals surface area contributed by atoms with Crippen molar-refractivity contribution < 1.29 is 18.7 Å². The van der Waals surface area contributed by atoms with Gasteiger partial charge in [-0.25, -0.2) is 0 Å². The Kier molecular flexibility index (Phi) is 7.43. The van der Waals surface area contributed by atoms with Gasteiger partial charge >= 0.3 is 0 Å². The number of pyridine rings is 1. The standard InChI is InChI=1S/C27H29N7O4/c1-18-11-12-23(38-18)26-30-32-33(31-26)17-24(35)34(21-9-5-6-10-22(21)37-2)25(19-13-15-28-16-14-19)27(36)29-20-7-3-4-8-20/h5-6,9-16,20,25H,3-4,7-8,17H2,1-2H3,(H,29,36)/t25-/m0/s1. The molecule has 2 amide bonds. The molecule has 4 aromatic rings. The number of amides is 2. The number of carbonyl (C=O) groups excluding carboxylic acids is 2. The molecule has 1 atom stereocenters. The molecule has 1 aliphatic carbocycles. The summed E-state index contributed by atoms with van der Waals surface area (Å²) in [5.74, 6) is 1.18. The van der Waals surface area contributed by atoms with Gasteiger partial charge in [0.05, 0.1) is 12.8 Å². The van der Waals surface area contributed by atoms with Crippen LogP contribution in [0.2, 0.25) is 0 Å². The Bertz CT molecular complexity index is 1400. The first-order chi connectivity index (χ1) is 18.5. The van der Waals surface area contributed by atoms with Crippen LogP contribution in [-0.2, 0) is 16.1 Å². The number of para-hydroxylation sites is 2. The lowest BCUT2D eigenvalue weighted by molar-refractivity contribution is -0.127. The topological polar surface area (TPSA) is 128 Å². The normalized spacial score (nSPS) is 14.3. The second kappa shape index (κ2) is 11.2. The van der Waals surface area contributed by atoms with E-state index in [2.05, 4.69) is 25.7 Å². The Labute approximate surface area is 219 Å². The van der Waals surface area contributed by atoms with Gasteiger partial charge in [0.2, 0.25) is 11.7 Å². The third-order valence-electron chi connectivity index (χ3n) is 6.53. The van der Waals surface area contributed by atoms with E-state index in [0.29, 0.717) is 28.5 Å². The maximum Gasteiger partial charge on any atom is 0.251 e. The van der Waals surface area contributed by atoms with Gasteiger partial charge in [-0.3, -0.25) is 19.5 Å². The predicted octanol–water partition coefficient (Wildman–Crippen LogP) is 3.48. The molecule has 196 valence electrons. The first kappa shape index (κ1) is 25.1. The van der Waals surface area contributed by atoms with Crippen LogP contribution in [0.5, 0.6) is 5.75 Å². The fourth-order valence-corrected chi connectivity index (χ4v) is 4.72. The van der Waals surface area contributed by atoms with E-state index >= 15 is 0 Å². The van der Waals surface area contributed by atoms with Crippen molar-refractivity contribution >= 4 is 17.5 Å². The fourth-order valence-electron chi connectivity index (χ4n) is 4.72. The Hall–Kier alpha value is -4.54. The molecule has 3 aromatic heterocycles. The van der Waals surface area contributed by atoms with Crippen molar-refractivity contribution in [2.45, 2.75) is 51.2 Å². The van der Waals surface area contributed by atoms with E-state index in [1.807, 2.05) is 13.0 Å². The number of rotatable bonds is 9. The zero-order chi connectivity index (χ0) is 26.5. The smallest absolute Gasteiger partial charge is 0.251 e. The number of benzene rings is 1. The van der Waals surface area contributed by atoms with E-state index in [9.17, 15) is 9.59 Å². The van der Waals surface area contributed by atoms with Crippen LogP contribution in [0.25, 0.3) is 11.6 Å². The summed E-state index contributed by atoms with van der Waals surface area (Å²) in [5.41, 5.74) is 1.07. The van der Waals surface area contributed by atoms with Crippen molar-refractivity contribution in [2.75, 3.05) is 12.0 Å². The Balaban J connectivity index is 1.52. The Morgan fingerprint density at radius 3 is 2.61 bits per heavy atom. The molecule has 0 saturated heterocycles. The third kappa shape index (κ3) is 5.41. The van der Waals surface area contributed by atoms with Gasteiger partial charge in [0.25, 0.3) is 5.91 Å². The lowest BCUT2D eigenvalue weighted by atomic mass is 10.0. The summed E-state index contributed by atoms with van der Waals surface area (Å²) in [6, 6.07) is 13.2. The van der Waals surface area contributed by atoms with Crippen LogP contribution in [0.1, 0.15) is 43.0 Å². The zero-order valence-corrected chi connectivity index (χ0v) is 21.3. The minimum Gasteiger partial charge on any atom is -0.495 e. The predicted molar refractivity (Wildman–Crippen MR) is 138 cm³/mol. The largest absolute Gasteiger partial charge is 0.495 e. The number of hydrogen-bond acceptors (Lipinski definition) is 8. The van der Waals surface area contributed by atoms with Crippen LogP contribution in [0.4, 0.5) is 5.69 Å². The molecule has 3 heterocycles. The van der Waals surface area contributed by atoms with Gasteiger partial charge < -0.3 is 14.5 Å². The van der Waals surface area contributed by atoms with Crippen molar-refractivity contribution in [2.24, 2.45) is 0 Å². The summed E-state index contributed by atoms with van der Waals surface area (Å²) in [6.07, 6.45) is 7.16. The van der Waals surface area contributed by atoms with Gasteiger partial charge in [-0.1, -0.05) is 25.0 Å². The molecule has 1 aliphatic rings. The number of aryl methyl sites for hydroxylation is 1. The molecule has 1 saturated carbocycles. The summed E-state index contributed by atoms with van der Waals surface area (Å²) >= 11 is 0. The summed E-state index contributed by atoms with van der Waals surface area (Å²) in [6.45, 7) is 1.56. The minimum atomic E-state index is -0.974. The lowest BCUT2D eigenvalue weighted by Gasteiger charge is -2.33. The van der Waals surface area contributed by atoms with E-state index in [0.717, 1.165) is 25.7 Å². The third-order valence-corrected chi connectivity index (χ3v) is 6.53. The SMILES string of the molecule is COc1ccccc1N(C(=O)Cn1nnc(-c2ccc(C)o2)n1)[C@H](C(=O)NC1CCCC1)c1ccncc1. The fraction of sp³-hybridized carbons (Fsp3) is 0.333. The molecule has 1 aromatic carbocycles. The number of nitrogens with one attached hydrogen (secondary N) is 1. The Morgan fingerprint density at radius 1 is 1.13 bits per heavy atom. The van der Waals surface area contributed by atoms with Crippen molar-refractivity contribution in [3.8, 4) is 17.3 Å². The van der Waals surface area contributed by atoms with Crippen LogP contribution in [-0.4, -0.2) is 50.2 Å². The number of anilines is 1. The maximum atomic E-state index is 14.0. The molecular weight excluding hydrogens is 486 g/mol. The highest BCUT2D eigenvalue weighted by molar-refractivity contribution is 6.02. The van der Waals surface area contributed by atoms with Crippen LogP contribution in [0.3, 0.4) is 0 Å². The number of methoxy groups -OCH3 is 1. The highest BCUT2D eigenvalue weighted by Gasteiger charge is 2.36. The van der Waals surface area contributed by atoms with Crippen molar-refractivity contribution in [3.63, 3.8) is 0 Å². The second-order valence-corrected chi connectivity index (χ2v) is 9.16.